The Bertz CT molecular complexity index is 245. The van der Waals surface area contributed by atoms with Crippen LogP contribution in [0.15, 0.2) is 0 Å². The van der Waals surface area contributed by atoms with Crippen molar-refractivity contribution in [2.75, 3.05) is 6.54 Å². The van der Waals surface area contributed by atoms with Crippen LogP contribution in [0.3, 0.4) is 0 Å². The highest BCUT2D eigenvalue weighted by atomic mass is 16.6. The van der Waals surface area contributed by atoms with Crippen molar-refractivity contribution in [2.24, 2.45) is 17.2 Å². The number of rotatable bonds is 6. The Morgan fingerprint density at radius 3 is 2.31 bits per heavy atom. The summed E-state index contributed by atoms with van der Waals surface area (Å²) in [5, 5.41) is 9.00. The molecule has 7 nitrogen and oxygen atoms in total. The summed E-state index contributed by atoms with van der Waals surface area (Å²) in [5.41, 5.74) is 16.0. The Hall–Kier alpha value is -1.02. The Kier molecular flexibility index (Phi) is 6.82. The van der Waals surface area contributed by atoms with Crippen LogP contribution in [0.2, 0.25) is 0 Å². The van der Waals surface area contributed by atoms with E-state index in [0.717, 1.165) is 0 Å². The fraction of sp³-hybridized carbons (Fsp3) is 0.778. The molecule has 3 atom stereocenters. The summed E-state index contributed by atoms with van der Waals surface area (Å²) in [4.78, 5) is 22.4. The quantitative estimate of drug-likeness (QED) is 0.302. The number of esters is 2. The maximum absolute atomic E-state index is 11.2. The van der Waals surface area contributed by atoms with E-state index in [2.05, 4.69) is 4.74 Å². The maximum Gasteiger partial charge on any atom is 0.333 e. The second-order valence-electron chi connectivity index (χ2n) is 3.54. The SMILES string of the molecule is C[C@@H](O)[C@H](N)C(=O)OC(=O)[C@@H](N)CCCN. The molecule has 0 saturated heterocycles. The molecular weight excluding hydrogens is 214 g/mol. The van der Waals surface area contributed by atoms with Gasteiger partial charge in [0.1, 0.15) is 12.1 Å². The van der Waals surface area contributed by atoms with E-state index in [0.29, 0.717) is 19.4 Å². The summed E-state index contributed by atoms with van der Waals surface area (Å²) in [7, 11) is 0. The third-order valence-electron chi connectivity index (χ3n) is 2.02. The molecule has 0 spiro atoms. The zero-order valence-electron chi connectivity index (χ0n) is 9.26. The van der Waals surface area contributed by atoms with Crippen molar-refractivity contribution in [1.82, 2.24) is 0 Å². The molecule has 16 heavy (non-hydrogen) atoms. The van der Waals surface area contributed by atoms with E-state index in [-0.39, 0.29) is 0 Å². The molecule has 0 aromatic rings. The van der Waals surface area contributed by atoms with Gasteiger partial charge < -0.3 is 27.0 Å². The van der Waals surface area contributed by atoms with Crippen LogP contribution in [-0.2, 0) is 14.3 Å². The van der Waals surface area contributed by atoms with Gasteiger partial charge in [0, 0.05) is 0 Å². The Labute approximate surface area is 93.9 Å². The minimum atomic E-state index is -1.24. The summed E-state index contributed by atoms with van der Waals surface area (Å²) in [6, 6.07) is -2.14. The van der Waals surface area contributed by atoms with Gasteiger partial charge in [-0.05, 0) is 26.3 Å². The molecule has 0 heterocycles. The summed E-state index contributed by atoms with van der Waals surface area (Å²) in [5.74, 6) is -1.84. The smallest absolute Gasteiger partial charge is 0.333 e. The van der Waals surface area contributed by atoms with Crippen LogP contribution in [0.25, 0.3) is 0 Å². The van der Waals surface area contributed by atoms with Crippen LogP contribution in [0.1, 0.15) is 19.8 Å². The fourth-order valence-electron chi connectivity index (χ4n) is 0.895. The molecule has 0 aromatic carbocycles. The van der Waals surface area contributed by atoms with Gasteiger partial charge in [-0.15, -0.1) is 0 Å². The van der Waals surface area contributed by atoms with Crippen LogP contribution >= 0.6 is 0 Å². The van der Waals surface area contributed by atoms with Crippen molar-refractivity contribution in [3.05, 3.63) is 0 Å². The summed E-state index contributed by atoms with van der Waals surface area (Å²) in [6.45, 7) is 1.73. The van der Waals surface area contributed by atoms with E-state index in [1.54, 1.807) is 0 Å². The predicted octanol–water partition coefficient (Wildman–Crippen LogP) is -2.17. The van der Waals surface area contributed by atoms with Gasteiger partial charge in [-0.2, -0.15) is 0 Å². The normalized spacial score (nSPS) is 16.3. The molecule has 0 aliphatic carbocycles. The lowest BCUT2D eigenvalue weighted by Gasteiger charge is -2.14. The predicted molar refractivity (Wildman–Crippen MR) is 57.0 cm³/mol. The molecule has 0 aliphatic heterocycles. The Morgan fingerprint density at radius 2 is 1.88 bits per heavy atom. The number of carbonyl (C=O) groups is 2. The first-order chi connectivity index (χ1) is 7.40. The van der Waals surface area contributed by atoms with Gasteiger partial charge in [0.05, 0.1) is 6.10 Å². The van der Waals surface area contributed by atoms with E-state index >= 15 is 0 Å². The standard InChI is InChI=1S/C9H19N3O4/c1-5(13)7(12)9(15)16-8(14)6(11)3-2-4-10/h5-7,13H,2-4,10-12H2,1H3/t5-,6+,7+/m1/s1. The van der Waals surface area contributed by atoms with Gasteiger partial charge in [-0.1, -0.05) is 0 Å². The summed E-state index contributed by atoms with van der Waals surface area (Å²) >= 11 is 0. The average Bonchev–Trinajstić information content (AvgIpc) is 2.24. The first-order valence-electron chi connectivity index (χ1n) is 5.05. The number of nitrogens with two attached hydrogens (primary N) is 3. The molecule has 0 unspecified atom stereocenters. The average molecular weight is 233 g/mol. The highest BCUT2D eigenvalue weighted by Crippen LogP contribution is 1.99. The molecule has 0 bridgehead atoms. The third kappa shape index (κ3) is 5.17. The monoisotopic (exact) mass is 233 g/mol. The molecule has 0 amide bonds. The van der Waals surface area contributed by atoms with E-state index in [1.807, 2.05) is 0 Å². The van der Waals surface area contributed by atoms with Crippen LogP contribution < -0.4 is 17.2 Å². The van der Waals surface area contributed by atoms with Crippen LogP contribution in [0, 0.1) is 0 Å². The lowest BCUT2D eigenvalue weighted by atomic mass is 10.1. The summed E-state index contributed by atoms with van der Waals surface area (Å²) in [6.07, 6.45) is -0.181. The highest BCUT2D eigenvalue weighted by Gasteiger charge is 2.25. The minimum absolute atomic E-state index is 0.340. The van der Waals surface area contributed by atoms with Crippen molar-refractivity contribution < 1.29 is 19.4 Å². The second-order valence-corrected chi connectivity index (χ2v) is 3.54. The Morgan fingerprint density at radius 1 is 1.31 bits per heavy atom. The van der Waals surface area contributed by atoms with Crippen LogP contribution in [-0.4, -0.2) is 41.8 Å². The Balaban J connectivity index is 4.08. The largest absolute Gasteiger partial charge is 0.391 e. The maximum atomic E-state index is 11.2. The van der Waals surface area contributed by atoms with Gasteiger partial charge in [0.25, 0.3) is 0 Å². The van der Waals surface area contributed by atoms with Crippen molar-refractivity contribution in [1.29, 1.82) is 0 Å². The lowest BCUT2D eigenvalue weighted by molar-refractivity contribution is -0.163. The molecular formula is C9H19N3O4. The van der Waals surface area contributed by atoms with Gasteiger partial charge in [-0.3, -0.25) is 0 Å². The summed E-state index contributed by atoms with van der Waals surface area (Å²) < 4.78 is 4.40. The number of hydrogen-bond donors (Lipinski definition) is 4. The molecule has 94 valence electrons. The van der Waals surface area contributed by atoms with E-state index in [9.17, 15) is 9.59 Å². The lowest BCUT2D eigenvalue weighted by Crippen LogP contribution is -2.44. The highest BCUT2D eigenvalue weighted by molar-refractivity contribution is 5.90. The number of aliphatic hydroxyl groups excluding tert-OH is 1. The van der Waals surface area contributed by atoms with Crippen molar-refractivity contribution >= 4 is 11.9 Å². The van der Waals surface area contributed by atoms with Gasteiger partial charge in [0.15, 0.2) is 0 Å². The number of ether oxygens (including phenoxy) is 1. The molecule has 7 heteroatoms. The zero-order valence-corrected chi connectivity index (χ0v) is 9.26. The van der Waals surface area contributed by atoms with Crippen molar-refractivity contribution in [3.8, 4) is 0 Å². The minimum Gasteiger partial charge on any atom is -0.391 e. The molecule has 0 saturated carbocycles. The molecule has 0 fully saturated rings. The number of aliphatic hydroxyl groups is 1. The molecule has 0 aromatic heterocycles. The third-order valence-corrected chi connectivity index (χ3v) is 2.02. The van der Waals surface area contributed by atoms with Gasteiger partial charge in [0.2, 0.25) is 0 Å². The van der Waals surface area contributed by atoms with E-state index in [1.165, 1.54) is 6.92 Å². The first kappa shape index (κ1) is 15.0. The number of hydrogen-bond acceptors (Lipinski definition) is 7. The first-order valence-corrected chi connectivity index (χ1v) is 5.05. The topological polar surface area (TPSA) is 142 Å². The molecule has 7 N–H and O–H groups in total. The van der Waals surface area contributed by atoms with E-state index in [4.69, 9.17) is 22.3 Å². The second kappa shape index (κ2) is 7.29. The van der Waals surface area contributed by atoms with Gasteiger partial charge in [-0.25, -0.2) is 9.59 Å². The number of carbonyl (C=O) groups excluding carboxylic acids is 2. The van der Waals surface area contributed by atoms with Gasteiger partial charge >= 0.3 is 11.9 Å². The zero-order chi connectivity index (χ0) is 12.7. The fourth-order valence-corrected chi connectivity index (χ4v) is 0.895. The van der Waals surface area contributed by atoms with Crippen LogP contribution in [0.4, 0.5) is 0 Å². The van der Waals surface area contributed by atoms with Crippen molar-refractivity contribution in [3.63, 3.8) is 0 Å². The molecule has 0 radical (unpaired) electrons. The van der Waals surface area contributed by atoms with E-state index < -0.39 is 30.1 Å². The molecule has 0 aliphatic rings. The van der Waals surface area contributed by atoms with Crippen LogP contribution in [0.5, 0.6) is 0 Å². The molecule has 0 rings (SSSR count). The van der Waals surface area contributed by atoms with Crippen molar-refractivity contribution in [2.45, 2.75) is 38.0 Å².